The minimum absolute atomic E-state index is 0.220. The second-order valence-corrected chi connectivity index (χ2v) is 9.50. The zero-order chi connectivity index (χ0) is 21.5. The highest BCUT2D eigenvalue weighted by atomic mass is 16.3. The number of hydrogen-bond donors (Lipinski definition) is 3. The Morgan fingerprint density at radius 3 is 2.73 bits per heavy atom. The number of hydrogen-bond acceptors (Lipinski definition) is 4. The minimum atomic E-state index is -1.04. The maximum atomic E-state index is 12.9. The van der Waals surface area contributed by atoms with E-state index in [0.717, 1.165) is 36.1 Å². The number of fused-ring (bicyclic) bond motifs is 1. The molecule has 2 aromatic heterocycles. The van der Waals surface area contributed by atoms with Gasteiger partial charge in [0.1, 0.15) is 6.04 Å². The van der Waals surface area contributed by atoms with E-state index >= 15 is 0 Å². The van der Waals surface area contributed by atoms with E-state index in [1.54, 1.807) is 30.9 Å². The number of rotatable bonds is 5. The monoisotopic (exact) mass is 407 g/mol. The Kier molecular flexibility index (Phi) is 5.02. The van der Waals surface area contributed by atoms with Crippen LogP contribution in [0, 0.1) is 5.41 Å². The van der Waals surface area contributed by atoms with Gasteiger partial charge < -0.3 is 10.4 Å². The fourth-order valence-corrected chi connectivity index (χ4v) is 4.29. The molecule has 158 valence electrons. The largest absolute Gasteiger partial charge is 0.388 e. The second-order valence-electron chi connectivity index (χ2n) is 9.50. The van der Waals surface area contributed by atoms with Gasteiger partial charge in [0.2, 0.25) is 0 Å². The normalized spacial score (nSPS) is 16.7. The van der Waals surface area contributed by atoms with E-state index in [0.29, 0.717) is 11.4 Å². The van der Waals surface area contributed by atoms with Crippen molar-refractivity contribution in [3.05, 3.63) is 65.2 Å². The SMILES string of the molecule is CC1(C)CCc2c(C(=O)Nc3cnn(C(c4ccccc4)C(C)(C)O)c3)n[nH]c2C1. The van der Waals surface area contributed by atoms with Crippen LogP contribution in [0.15, 0.2) is 42.7 Å². The summed E-state index contributed by atoms with van der Waals surface area (Å²) in [6.45, 7) is 7.97. The quantitative estimate of drug-likeness (QED) is 0.600. The Bertz CT molecular complexity index is 1040. The lowest BCUT2D eigenvalue weighted by Gasteiger charge is -2.30. The van der Waals surface area contributed by atoms with Crippen molar-refractivity contribution < 1.29 is 9.90 Å². The van der Waals surface area contributed by atoms with Crippen LogP contribution < -0.4 is 5.32 Å². The summed E-state index contributed by atoms with van der Waals surface area (Å²) >= 11 is 0. The van der Waals surface area contributed by atoms with Gasteiger partial charge in [-0.25, -0.2) is 0 Å². The first-order valence-corrected chi connectivity index (χ1v) is 10.3. The molecule has 0 bridgehead atoms. The van der Waals surface area contributed by atoms with Crippen molar-refractivity contribution in [2.24, 2.45) is 5.41 Å². The Balaban J connectivity index is 1.55. The molecule has 1 unspecified atom stereocenters. The molecule has 7 heteroatoms. The van der Waals surface area contributed by atoms with E-state index in [1.165, 1.54) is 0 Å². The van der Waals surface area contributed by atoms with Gasteiger partial charge in [-0.05, 0) is 44.1 Å². The van der Waals surface area contributed by atoms with Crippen LogP contribution in [0.5, 0.6) is 0 Å². The highest BCUT2D eigenvalue weighted by Crippen LogP contribution is 2.35. The second kappa shape index (κ2) is 7.40. The predicted molar refractivity (Wildman–Crippen MR) is 115 cm³/mol. The summed E-state index contributed by atoms with van der Waals surface area (Å²) in [5.74, 6) is -0.244. The number of nitrogens with one attached hydrogen (secondary N) is 2. The maximum absolute atomic E-state index is 12.9. The number of aromatic amines is 1. The molecule has 30 heavy (non-hydrogen) atoms. The van der Waals surface area contributed by atoms with Crippen LogP contribution in [-0.2, 0) is 12.8 Å². The average molecular weight is 408 g/mol. The van der Waals surface area contributed by atoms with E-state index in [1.807, 2.05) is 30.3 Å². The molecular formula is C23H29N5O2. The first-order chi connectivity index (χ1) is 14.1. The van der Waals surface area contributed by atoms with Gasteiger partial charge in [-0.15, -0.1) is 0 Å². The van der Waals surface area contributed by atoms with Gasteiger partial charge in [-0.3, -0.25) is 14.6 Å². The molecule has 0 saturated carbocycles. The standard InChI is InChI=1S/C23H29N5O2/c1-22(2)11-10-17-18(12-22)26-27-19(17)21(29)25-16-13-24-28(14-16)20(23(3,4)30)15-8-6-5-7-9-15/h5-9,13-14,20,30H,10-12H2,1-4H3,(H,25,29)(H,26,27). The number of H-pyrrole nitrogens is 1. The molecule has 0 aliphatic heterocycles. The van der Waals surface area contributed by atoms with Gasteiger partial charge in [0.15, 0.2) is 5.69 Å². The molecule has 2 heterocycles. The Hall–Kier alpha value is -2.93. The van der Waals surface area contributed by atoms with Crippen LogP contribution >= 0.6 is 0 Å². The van der Waals surface area contributed by atoms with Crippen molar-refractivity contribution in [3.63, 3.8) is 0 Å². The summed E-state index contributed by atoms with van der Waals surface area (Å²) in [4.78, 5) is 12.9. The highest BCUT2D eigenvalue weighted by Gasteiger charge is 2.32. The van der Waals surface area contributed by atoms with Gasteiger partial charge in [-0.1, -0.05) is 44.2 Å². The number of aliphatic hydroxyl groups is 1. The van der Waals surface area contributed by atoms with E-state index in [4.69, 9.17) is 0 Å². The summed E-state index contributed by atoms with van der Waals surface area (Å²) in [5, 5.41) is 25.4. The van der Waals surface area contributed by atoms with Crippen LogP contribution in [0.4, 0.5) is 5.69 Å². The third-order valence-corrected chi connectivity index (χ3v) is 5.78. The summed E-state index contributed by atoms with van der Waals surface area (Å²) < 4.78 is 1.69. The molecule has 7 nitrogen and oxygen atoms in total. The van der Waals surface area contributed by atoms with Crippen LogP contribution in [0.25, 0.3) is 0 Å². The minimum Gasteiger partial charge on any atom is -0.388 e. The summed E-state index contributed by atoms with van der Waals surface area (Å²) in [5.41, 5.74) is 3.21. The van der Waals surface area contributed by atoms with Gasteiger partial charge in [-0.2, -0.15) is 10.2 Å². The molecule has 4 rings (SSSR count). The van der Waals surface area contributed by atoms with Crippen molar-refractivity contribution in [1.82, 2.24) is 20.0 Å². The molecule has 0 radical (unpaired) electrons. The molecule has 0 spiro atoms. The fraction of sp³-hybridized carbons (Fsp3) is 0.435. The average Bonchev–Trinajstić information content (AvgIpc) is 3.27. The zero-order valence-corrected chi connectivity index (χ0v) is 17.9. The highest BCUT2D eigenvalue weighted by molar-refractivity contribution is 6.03. The summed E-state index contributed by atoms with van der Waals surface area (Å²) in [6, 6.07) is 9.33. The lowest BCUT2D eigenvalue weighted by molar-refractivity contribution is 0.0346. The van der Waals surface area contributed by atoms with Crippen molar-refractivity contribution in [1.29, 1.82) is 0 Å². The number of aromatic nitrogens is 4. The smallest absolute Gasteiger partial charge is 0.276 e. The number of benzene rings is 1. The molecule has 0 saturated heterocycles. The van der Waals surface area contributed by atoms with Crippen molar-refractivity contribution in [2.45, 2.75) is 58.6 Å². The van der Waals surface area contributed by atoms with Crippen LogP contribution in [0.1, 0.15) is 67.5 Å². The number of carbonyl (C=O) groups is 1. The molecular weight excluding hydrogens is 378 g/mol. The first-order valence-electron chi connectivity index (χ1n) is 10.3. The third kappa shape index (κ3) is 4.03. The number of amides is 1. The van der Waals surface area contributed by atoms with Gasteiger partial charge in [0.05, 0.1) is 17.5 Å². The molecule has 0 fully saturated rings. The Labute approximate surface area is 176 Å². The van der Waals surface area contributed by atoms with E-state index in [-0.39, 0.29) is 17.4 Å². The van der Waals surface area contributed by atoms with E-state index in [9.17, 15) is 9.90 Å². The number of nitrogens with zero attached hydrogens (tertiary/aromatic N) is 3. The van der Waals surface area contributed by atoms with Crippen LogP contribution in [0.2, 0.25) is 0 Å². The molecule has 1 amide bonds. The zero-order valence-electron chi connectivity index (χ0n) is 17.9. The van der Waals surface area contributed by atoms with Crippen molar-refractivity contribution in [2.75, 3.05) is 5.32 Å². The van der Waals surface area contributed by atoms with Gasteiger partial charge in [0.25, 0.3) is 5.91 Å². The van der Waals surface area contributed by atoms with Crippen molar-refractivity contribution in [3.8, 4) is 0 Å². The molecule has 1 aliphatic carbocycles. The number of carbonyl (C=O) groups excluding carboxylic acids is 1. The lowest BCUT2D eigenvalue weighted by Crippen LogP contribution is -2.34. The predicted octanol–water partition coefficient (Wildman–Crippen LogP) is 3.73. The lowest BCUT2D eigenvalue weighted by atomic mass is 9.76. The Morgan fingerprint density at radius 2 is 2.03 bits per heavy atom. The molecule has 3 aromatic rings. The summed E-state index contributed by atoms with van der Waals surface area (Å²) in [6.07, 6.45) is 6.11. The third-order valence-electron chi connectivity index (χ3n) is 5.78. The van der Waals surface area contributed by atoms with E-state index in [2.05, 4.69) is 34.5 Å². The summed E-state index contributed by atoms with van der Waals surface area (Å²) in [7, 11) is 0. The molecule has 1 atom stereocenters. The van der Waals surface area contributed by atoms with E-state index < -0.39 is 5.60 Å². The Morgan fingerprint density at radius 1 is 1.30 bits per heavy atom. The molecule has 3 N–H and O–H groups in total. The van der Waals surface area contributed by atoms with Gasteiger partial charge >= 0.3 is 0 Å². The fourth-order valence-electron chi connectivity index (χ4n) is 4.29. The van der Waals surface area contributed by atoms with Crippen LogP contribution in [0.3, 0.4) is 0 Å². The molecule has 1 aromatic carbocycles. The van der Waals surface area contributed by atoms with Crippen LogP contribution in [-0.4, -0.2) is 36.6 Å². The number of anilines is 1. The topological polar surface area (TPSA) is 95.8 Å². The molecule has 1 aliphatic rings. The van der Waals surface area contributed by atoms with Gasteiger partial charge in [0, 0.05) is 17.5 Å². The maximum Gasteiger partial charge on any atom is 0.276 e. The first kappa shape index (κ1) is 20.3. The van der Waals surface area contributed by atoms with Crippen molar-refractivity contribution >= 4 is 11.6 Å².